The molecule has 0 heterocycles. The van der Waals surface area contributed by atoms with E-state index in [1.54, 1.807) is 0 Å². The number of benzene rings is 1. The summed E-state index contributed by atoms with van der Waals surface area (Å²) in [5.41, 5.74) is 7.44. The van der Waals surface area contributed by atoms with Crippen LogP contribution < -0.4 is 16.6 Å². The molecule has 0 saturated carbocycles. The van der Waals surface area contributed by atoms with Crippen molar-refractivity contribution in [3.63, 3.8) is 0 Å². The molecule has 0 unspecified atom stereocenters. The zero-order valence-corrected chi connectivity index (χ0v) is 7.12. The van der Waals surface area contributed by atoms with E-state index in [1.165, 1.54) is 10.6 Å². The Kier molecular flexibility index (Phi) is 2.35. The summed E-state index contributed by atoms with van der Waals surface area (Å²) in [5, 5.41) is 1.35. The number of rotatable bonds is 2. The van der Waals surface area contributed by atoms with E-state index in [0.29, 0.717) is 5.82 Å². The highest BCUT2D eigenvalue weighted by molar-refractivity contribution is 5.49. The molecule has 12 heavy (non-hydrogen) atoms. The van der Waals surface area contributed by atoms with E-state index in [4.69, 9.17) is 11.6 Å². The lowest BCUT2D eigenvalue weighted by Crippen LogP contribution is -2.33. The molecule has 0 aliphatic heterocycles. The third-order valence-corrected chi connectivity index (χ3v) is 1.62. The lowest BCUT2D eigenvalue weighted by molar-refractivity contribution is 0.981. The summed E-state index contributed by atoms with van der Waals surface area (Å²) in [7, 11) is 0. The summed E-state index contributed by atoms with van der Waals surface area (Å²) in [6, 6.07) is 7.73. The molecule has 1 aromatic rings. The largest absolute Gasteiger partial charge is 0.385 e. The lowest BCUT2D eigenvalue weighted by atomic mass is 10.2. The highest BCUT2D eigenvalue weighted by Crippen LogP contribution is 2.12. The van der Waals surface area contributed by atoms with Crippen LogP contribution >= 0.6 is 0 Å². The van der Waals surface area contributed by atoms with Gasteiger partial charge in [-0.1, -0.05) is 24.3 Å². The maximum absolute atomic E-state index is 5.60. The number of aryl methyl sites for hydroxylation is 1. The fourth-order valence-electron chi connectivity index (χ4n) is 0.871. The molecule has 0 amide bonds. The minimum atomic E-state index is 0.332. The molecule has 0 aliphatic carbocycles. The van der Waals surface area contributed by atoms with Gasteiger partial charge in [-0.3, -0.25) is 5.01 Å². The zero-order chi connectivity index (χ0) is 9.14. The zero-order valence-electron chi connectivity index (χ0n) is 7.12. The van der Waals surface area contributed by atoms with E-state index in [0.717, 1.165) is 5.69 Å². The van der Waals surface area contributed by atoms with Gasteiger partial charge in [-0.25, -0.2) is 5.84 Å². The Morgan fingerprint density at radius 1 is 1.33 bits per heavy atom. The highest BCUT2D eigenvalue weighted by Gasteiger charge is 2.00. The average Bonchev–Trinajstić information content (AvgIpc) is 2.04. The van der Waals surface area contributed by atoms with Crippen LogP contribution in [0.25, 0.3) is 0 Å². The van der Waals surface area contributed by atoms with Crippen molar-refractivity contribution in [2.24, 2.45) is 11.6 Å². The summed E-state index contributed by atoms with van der Waals surface area (Å²) >= 11 is 0. The molecule has 3 heteroatoms. The molecule has 0 radical (unpaired) electrons. The molecule has 0 fully saturated rings. The maximum atomic E-state index is 5.60. The Labute approximate surface area is 72.2 Å². The van der Waals surface area contributed by atoms with Crippen LogP contribution in [0.3, 0.4) is 0 Å². The monoisotopic (exact) mass is 163 g/mol. The number of hydrogen-bond donors (Lipinski definition) is 2. The van der Waals surface area contributed by atoms with Crippen LogP contribution in [0.5, 0.6) is 0 Å². The van der Waals surface area contributed by atoms with Crippen LogP contribution in [-0.2, 0) is 0 Å². The molecule has 3 nitrogen and oxygen atoms in total. The first-order chi connectivity index (χ1) is 5.61. The smallest absolute Gasteiger partial charge is 0.110 e. The molecule has 1 rings (SSSR count). The Bertz CT molecular complexity index is 276. The first kappa shape index (κ1) is 8.62. The Hall–Kier alpha value is -1.48. The summed E-state index contributed by atoms with van der Waals surface area (Å²) < 4.78 is 0. The predicted molar refractivity (Wildman–Crippen MR) is 51.2 cm³/mol. The molecule has 64 valence electrons. The van der Waals surface area contributed by atoms with Gasteiger partial charge in [-0.2, -0.15) is 0 Å². The van der Waals surface area contributed by atoms with Crippen molar-refractivity contribution >= 4 is 5.69 Å². The van der Waals surface area contributed by atoms with Crippen LogP contribution in [0.2, 0.25) is 0 Å². The van der Waals surface area contributed by atoms with Crippen molar-refractivity contribution in [3.8, 4) is 0 Å². The van der Waals surface area contributed by atoms with Crippen LogP contribution in [0.4, 0.5) is 5.69 Å². The van der Waals surface area contributed by atoms with Gasteiger partial charge in [-0.15, -0.1) is 0 Å². The summed E-state index contributed by atoms with van der Waals surface area (Å²) in [4.78, 5) is 0. The van der Waals surface area contributed by atoms with E-state index in [-0.39, 0.29) is 0 Å². The Morgan fingerprint density at radius 3 is 2.25 bits per heavy atom. The molecule has 1 aromatic carbocycles. The van der Waals surface area contributed by atoms with Crippen molar-refractivity contribution in [1.29, 1.82) is 0 Å². The number of nitrogens with two attached hydrogens (primary N) is 2. The van der Waals surface area contributed by atoms with Gasteiger partial charge in [0.2, 0.25) is 0 Å². The summed E-state index contributed by atoms with van der Waals surface area (Å²) in [5.74, 6) is 5.93. The first-order valence-electron chi connectivity index (χ1n) is 3.67. The number of hydrogen-bond acceptors (Lipinski definition) is 3. The molecular weight excluding hydrogens is 150 g/mol. The molecular formula is C9H13N3. The molecule has 0 aliphatic rings. The van der Waals surface area contributed by atoms with Crippen molar-refractivity contribution in [2.75, 3.05) is 5.01 Å². The fraction of sp³-hybridized carbons (Fsp3) is 0.111. The number of anilines is 1. The lowest BCUT2D eigenvalue weighted by Gasteiger charge is -2.17. The normalized spacial score (nSPS) is 9.50. The van der Waals surface area contributed by atoms with Gasteiger partial charge in [-0.05, 0) is 19.1 Å². The topological polar surface area (TPSA) is 55.3 Å². The number of hydrazine groups is 1. The van der Waals surface area contributed by atoms with Crippen LogP contribution in [0, 0.1) is 6.92 Å². The van der Waals surface area contributed by atoms with Gasteiger partial charge in [0.25, 0.3) is 0 Å². The van der Waals surface area contributed by atoms with Gasteiger partial charge in [0.1, 0.15) is 5.82 Å². The first-order valence-corrected chi connectivity index (χ1v) is 3.67. The second-order valence-electron chi connectivity index (χ2n) is 2.70. The van der Waals surface area contributed by atoms with Crippen molar-refractivity contribution in [2.45, 2.75) is 6.92 Å². The molecule has 0 spiro atoms. The predicted octanol–water partition coefficient (Wildman–Crippen LogP) is 1.11. The standard InChI is InChI=1S/C9H13N3/c1-7-3-5-9(6-4-7)12(11)8(2)10/h3-6H,2,10-11H2,1H3. The Morgan fingerprint density at radius 2 is 1.83 bits per heavy atom. The third-order valence-electron chi connectivity index (χ3n) is 1.62. The minimum Gasteiger partial charge on any atom is -0.385 e. The van der Waals surface area contributed by atoms with E-state index >= 15 is 0 Å². The van der Waals surface area contributed by atoms with Gasteiger partial charge in [0.15, 0.2) is 0 Å². The SMILES string of the molecule is C=C(N)N(N)c1ccc(C)cc1. The van der Waals surface area contributed by atoms with E-state index < -0.39 is 0 Å². The Balaban J connectivity index is 2.89. The fourth-order valence-corrected chi connectivity index (χ4v) is 0.871. The van der Waals surface area contributed by atoms with E-state index in [9.17, 15) is 0 Å². The van der Waals surface area contributed by atoms with Gasteiger partial charge >= 0.3 is 0 Å². The van der Waals surface area contributed by atoms with Crippen LogP contribution in [0.15, 0.2) is 36.7 Å². The number of nitrogens with zero attached hydrogens (tertiary/aromatic N) is 1. The van der Waals surface area contributed by atoms with Gasteiger partial charge in [0, 0.05) is 0 Å². The maximum Gasteiger partial charge on any atom is 0.110 e. The average molecular weight is 163 g/mol. The van der Waals surface area contributed by atoms with Gasteiger partial charge < -0.3 is 5.73 Å². The molecule has 4 N–H and O–H groups in total. The summed E-state index contributed by atoms with van der Waals surface area (Å²) in [6.07, 6.45) is 0. The second kappa shape index (κ2) is 3.28. The van der Waals surface area contributed by atoms with Crippen molar-refractivity contribution in [1.82, 2.24) is 0 Å². The van der Waals surface area contributed by atoms with Crippen molar-refractivity contribution < 1.29 is 0 Å². The van der Waals surface area contributed by atoms with E-state index in [2.05, 4.69) is 6.58 Å². The molecule has 0 saturated heterocycles. The second-order valence-corrected chi connectivity index (χ2v) is 2.70. The van der Waals surface area contributed by atoms with E-state index in [1.807, 2.05) is 31.2 Å². The molecule has 0 bridgehead atoms. The minimum absolute atomic E-state index is 0.332. The van der Waals surface area contributed by atoms with Crippen molar-refractivity contribution in [3.05, 3.63) is 42.2 Å². The quantitative estimate of drug-likeness (QED) is 0.507. The third kappa shape index (κ3) is 1.77. The molecule has 0 aromatic heterocycles. The van der Waals surface area contributed by atoms with Gasteiger partial charge in [0.05, 0.1) is 5.69 Å². The summed E-state index contributed by atoms with van der Waals surface area (Å²) in [6.45, 7) is 5.55. The molecule has 0 atom stereocenters. The van der Waals surface area contributed by atoms with Crippen LogP contribution in [-0.4, -0.2) is 0 Å². The van der Waals surface area contributed by atoms with Crippen LogP contribution in [0.1, 0.15) is 5.56 Å². The highest BCUT2D eigenvalue weighted by atomic mass is 15.4.